The van der Waals surface area contributed by atoms with Crippen LogP contribution in [0.4, 0.5) is 0 Å². The van der Waals surface area contributed by atoms with Crippen LogP contribution in [0.1, 0.15) is 58.3 Å². The smallest absolute Gasteiger partial charge is 0.287 e. The summed E-state index contributed by atoms with van der Waals surface area (Å²) >= 11 is 1.52. The van der Waals surface area contributed by atoms with Gasteiger partial charge in [0.15, 0.2) is 5.76 Å². The van der Waals surface area contributed by atoms with E-state index < -0.39 is 11.9 Å². The molecule has 2 aromatic heterocycles. The van der Waals surface area contributed by atoms with Crippen molar-refractivity contribution in [2.75, 3.05) is 6.54 Å². The number of hydrogen-bond acceptors (Lipinski definition) is 5. The normalized spacial score (nSPS) is 14.5. The first-order chi connectivity index (χ1) is 16.5. The van der Waals surface area contributed by atoms with Crippen LogP contribution in [0, 0.1) is 6.92 Å². The van der Waals surface area contributed by atoms with Gasteiger partial charge in [-0.15, -0.1) is 11.3 Å². The van der Waals surface area contributed by atoms with Gasteiger partial charge in [-0.2, -0.15) is 0 Å². The monoisotopic (exact) mass is 479 g/mol. The number of rotatable bonds is 9. The minimum absolute atomic E-state index is 0.122. The third-order valence-corrected chi connectivity index (χ3v) is 6.98. The topological polar surface area (TPSA) is 91.7 Å². The van der Waals surface area contributed by atoms with E-state index in [1.54, 1.807) is 11.0 Å². The number of furan rings is 1. The Morgan fingerprint density at radius 3 is 2.56 bits per heavy atom. The Balaban J connectivity index is 1.62. The highest BCUT2D eigenvalue weighted by Crippen LogP contribution is 2.28. The Morgan fingerprint density at radius 1 is 1.09 bits per heavy atom. The Labute approximate surface area is 203 Å². The number of aryl methyl sites for hydroxylation is 1. The van der Waals surface area contributed by atoms with Crippen LogP contribution in [0.3, 0.4) is 0 Å². The highest BCUT2D eigenvalue weighted by Gasteiger charge is 2.34. The van der Waals surface area contributed by atoms with Crippen LogP contribution in [0.2, 0.25) is 0 Å². The van der Waals surface area contributed by atoms with Crippen LogP contribution in [0.15, 0.2) is 64.6 Å². The number of nitrogens with zero attached hydrogens (tertiary/aromatic N) is 1. The fourth-order valence-electron chi connectivity index (χ4n) is 4.34. The zero-order valence-corrected chi connectivity index (χ0v) is 20.0. The van der Waals surface area contributed by atoms with Crippen LogP contribution in [-0.2, 0) is 16.1 Å². The van der Waals surface area contributed by atoms with Gasteiger partial charge in [-0.3, -0.25) is 14.4 Å². The zero-order chi connectivity index (χ0) is 23.9. The van der Waals surface area contributed by atoms with Gasteiger partial charge in [0.1, 0.15) is 6.04 Å². The lowest BCUT2D eigenvalue weighted by Crippen LogP contribution is -2.48. The van der Waals surface area contributed by atoms with Crippen molar-refractivity contribution < 1.29 is 18.8 Å². The molecule has 1 aliphatic carbocycles. The molecule has 34 heavy (non-hydrogen) atoms. The lowest BCUT2D eigenvalue weighted by molar-refractivity contribution is -0.141. The lowest BCUT2D eigenvalue weighted by Gasteiger charge is -2.33. The van der Waals surface area contributed by atoms with Gasteiger partial charge in [-0.25, -0.2) is 0 Å². The zero-order valence-electron chi connectivity index (χ0n) is 19.2. The standard InChI is InChI=1S/C26H29N3O4S/c1-18-8-2-5-12-21(18)24(26(32)28-19-9-3-4-10-19)29(17-20-11-7-15-34-20)23(30)16-27-25(31)22-13-6-14-33-22/h2,5-8,11-15,19,24H,3-4,9-10,16-17H2,1H3,(H,27,31)(H,28,32)/t24-/m0/s1. The van der Waals surface area contributed by atoms with Gasteiger partial charge in [-0.1, -0.05) is 43.2 Å². The first kappa shape index (κ1) is 23.8. The summed E-state index contributed by atoms with van der Waals surface area (Å²) in [4.78, 5) is 42.0. The van der Waals surface area contributed by atoms with E-state index in [4.69, 9.17) is 4.42 Å². The Morgan fingerprint density at radius 2 is 1.88 bits per heavy atom. The maximum atomic E-state index is 13.6. The summed E-state index contributed by atoms with van der Waals surface area (Å²) in [5.74, 6) is -0.879. The summed E-state index contributed by atoms with van der Waals surface area (Å²) < 4.78 is 5.12. The number of thiophene rings is 1. The van der Waals surface area contributed by atoms with E-state index >= 15 is 0 Å². The lowest BCUT2D eigenvalue weighted by atomic mass is 9.98. The minimum atomic E-state index is -0.808. The summed E-state index contributed by atoms with van der Waals surface area (Å²) in [6.07, 6.45) is 5.49. The number of amides is 3. The van der Waals surface area contributed by atoms with Crippen LogP contribution in [-0.4, -0.2) is 35.2 Å². The van der Waals surface area contributed by atoms with Crippen LogP contribution in [0.25, 0.3) is 0 Å². The van der Waals surface area contributed by atoms with E-state index in [9.17, 15) is 14.4 Å². The second-order valence-electron chi connectivity index (χ2n) is 8.51. The molecule has 7 nitrogen and oxygen atoms in total. The molecule has 3 aromatic rings. The molecule has 0 spiro atoms. The van der Waals surface area contributed by atoms with Gasteiger partial charge < -0.3 is 20.0 Å². The molecule has 0 aliphatic heterocycles. The van der Waals surface area contributed by atoms with Gasteiger partial charge in [-0.05, 0) is 54.5 Å². The molecule has 4 rings (SSSR count). The fraction of sp³-hybridized carbons (Fsp3) is 0.346. The SMILES string of the molecule is Cc1ccccc1[C@@H](C(=O)NC1CCCC1)N(Cc1cccs1)C(=O)CNC(=O)c1ccco1. The highest BCUT2D eigenvalue weighted by atomic mass is 32.1. The first-order valence-corrected chi connectivity index (χ1v) is 12.4. The molecule has 2 N–H and O–H groups in total. The summed E-state index contributed by atoms with van der Waals surface area (Å²) in [5, 5.41) is 7.74. The average Bonchev–Trinajstić information content (AvgIpc) is 3.62. The molecule has 0 radical (unpaired) electrons. The van der Waals surface area contributed by atoms with Crippen molar-refractivity contribution in [3.05, 3.63) is 81.9 Å². The summed E-state index contributed by atoms with van der Waals surface area (Å²) in [5.41, 5.74) is 1.71. The van der Waals surface area contributed by atoms with Crippen LogP contribution >= 0.6 is 11.3 Å². The van der Waals surface area contributed by atoms with Gasteiger partial charge in [0.05, 0.1) is 19.4 Å². The molecule has 0 bridgehead atoms. The molecule has 8 heteroatoms. The minimum Gasteiger partial charge on any atom is -0.459 e. The molecule has 3 amide bonds. The van der Waals surface area contributed by atoms with Crippen molar-refractivity contribution in [3.8, 4) is 0 Å². The second-order valence-corrected chi connectivity index (χ2v) is 9.54. The molecule has 1 atom stereocenters. The van der Waals surface area contributed by atoms with Crippen LogP contribution in [0.5, 0.6) is 0 Å². The van der Waals surface area contributed by atoms with Crippen molar-refractivity contribution >= 4 is 29.1 Å². The van der Waals surface area contributed by atoms with Crippen molar-refractivity contribution in [2.24, 2.45) is 0 Å². The van der Waals surface area contributed by atoms with E-state index in [0.29, 0.717) is 0 Å². The Bertz CT molecular complexity index is 1110. The number of hydrogen-bond donors (Lipinski definition) is 2. The quantitative estimate of drug-likeness (QED) is 0.481. The van der Waals surface area contributed by atoms with Gasteiger partial charge in [0.25, 0.3) is 5.91 Å². The third kappa shape index (κ3) is 5.75. The predicted molar refractivity (Wildman–Crippen MR) is 130 cm³/mol. The van der Waals surface area contributed by atoms with Gasteiger partial charge in [0, 0.05) is 10.9 Å². The third-order valence-electron chi connectivity index (χ3n) is 6.12. The molecule has 1 fully saturated rings. The Hall–Kier alpha value is -3.39. The van der Waals surface area contributed by atoms with Crippen LogP contribution < -0.4 is 10.6 Å². The van der Waals surface area contributed by atoms with Gasteiger partial charge >= 0.3 is 0 Å². The largest absolute Gasteiger partial charge is 0.459 e. The number of benzene rings is 1. The van der Waals surface area contributed by atoms with Gasteiger partial charge in [0.2, 0.25) is 11.8 Å². The molecule has 2 heterocycles. The highest BCUT2D eigenvalue weighted by molar-refractivity contribution is 7.09. The predicted octanol–water partition coefficient (Wildman–Crippen LogP) is 4.21. The molecule has 178 valence electrons. The maximum Gasteiger partial charge on any atom is 0.287 e. The molecular weight excluding hydrogens is 450 g/mol. The summed E-state index contributed by atoms with van der Waals surface area (Å²) in [7, 11) is 0. The second kappa shape index (κ2) is 11.2. The van der Waals surface area contributed by atoms with E-state index in [0.717, 1.165) is 41.7 Å². The molecule has 0 saturated heterocycles. The van der Waals surface area contributed by atoms with Crippen molar-refractivity contribution in [2.45, 2.75) is 51.2 Å². The summed E-state index contributed by atoms with van der Waals surface area (Å²) in [6, 6.07) is 14.0. The molecule has 0 unspecified atom stereocenters. The average molecular weight is 480 g/mol. The van der Waals surface area contributed by atoms with E-state index in [2.05, 4.69) is 10.6 Å². The fourth-order valence-corrected chi connectivity index (χ4v) is 5.04. The number of nitrogens with one attached hydrogen (secondary N) is 2. The van der Waals surface area contributed by atoms with Crippen molar-refractivity contribution in [1.82, 2.24) is 15.5 Å². The molecular formula is C26H29N3O4S. The number of carbonyl (C=O) groups is 3. The van der Waals surface area contributed by atoms with Crippen molar-refractivity contribution in [1.29, 1.82) is 0 Å². The molecule has 1 saturated carbocycles. The molecule has 1 aromatic carbocycles. The van der Waals surface area contributed by atoms with E-state index in [1.165, 1.54) is 23.7 Å². The molecule has 1 aliphatic rings. The summed E-state index contributed by atoms with van der Waals surface area (Å²) in [6.45, 7) is 1.96. The van der Waals surface area contributed by atoms with Crippen molar-refractivity contribution in [3.63, 3.8) is 0 Å². The maximum absolute atomic E-state index is 13.6. The van der Waals surface area contributed by atoms with E-state index in [1.807, 2.05) is 48.7 Å². The first-order valence-electron chi connectivity index (χ1n) is 11.5. The van der Waals surface area contributed by atoms with E-state index in [-0.39, 0.29) is 36.7 Å². The Kier molecular flexibility index (Phi) is 7.80. The number of carbonyl (C=O) groups excluding carboxylic acids is 3.